The number of aryl methyl sites for hydroxylation is 1. The Morgan fingerprint density at radius 1 is 1.35 bits per heavy atom. The van der Waals surface area contributed by atoms with Crippen molar-refractivity contribution in [3.63, 3.8) is 0 Å². The fourth-order valence-corrected chi connectivity index (χ4v) is 2.24. The first-order chi connectivity index (χ1) is 9.00. The van der Waals surface area contributed by atoms with Crippen molar-refractivity contribution in [2.75, 3.05) is 7.05 Å². The van der Waals surface area contributed by atoms with E-state index in [-0.39, 0.29) is 16.3 Å². The summed E-state index contributed by atoms with van der Waals surface area (Å²) in [6, 6.07) is 4.35. The lowest BCUT2D eigenvalue weighted by atomic mass is 9.98. The third kappa shape index (κ3) is 3.37. The molecule has 1 aromatic carbocycles. The van der Waals surface area contributed by atoms with Crippen LogP contribution in [0, 0.1) is 6.92 Å². The Balaban J connectivity index is 3.30. The van der Waals surface area contributed by atoms with E-state index in [1.54, 1.807) is 24.9 Å². The lowest BCUT2D eigenvalue weighted by Gasteiger charge is -2.35. The van der Waals surface area contributed by atoms with Gasteiger partial charge in [0.05, 0.1) is 4.90 Å². The van der Waals surface area contributed by atoms with Crippen LogP contribution in [0.2, 0.25) is 0 Å². The molecular formula is C14H22N2O3S. The molecule has 0 bridgehead atoms. The van der Waals surface area contributed by atoms with Gasteiger partial charge in [0.2, 0.25) is 10.0 Å². The van der Waals surface area contributed by atoms with Gasteiger partial charge in [-0.15, -0.1) is 0 Å². The Labute approximate surface area is 120 Å². The SMILES string of the molecule is CCC(C)(C)N(C)C(=O)c1cc(S(N)(=O)=O)ccc1C. The number of benzene rings is 1. The van der Waals surface area contributed by atoms with Crippen molar-refractivity contribution in [1.82, 2.24) is 4.90 Å². The first-order valence-corrected chi connectivity index (χ1v) is 7.97. The zero-order valence-corrected chi connectivity index (χ0v) is 13.4. The zero-order chi connectivity index (χ0) is 15.7. The average Bonchev–Trinajstić information content (AvgIpc) is 2.36. The van der Waals surface area contributed by atoms with Gasteiger partial charge in [-0.2, -0.15) is 0 Å². The molecule has 0 saturated heterocycles. The Bertz CT molecular complexity index is 621. The monoisotopic (exact) mass is 298 g/mol. The molecule has 6 heteroatoms. The maximum Gasteiger partial charge on any atom is 0.254 e. The lowest BCUT2D eigenvalue weighted by Crippen LogP contribution is -2.44. The molecule has 2 N–H and O–H groups in total. The van der Waals surface area contributed by atoms with Crippen LogP contribution in [0.15, 0.2) is 23.1 Å². The molecule has 0 heterocycles. The van der Waals surface area contributed by atoms with Gasteiger partial charge >= 0.3 is 0 Å². The number of carbonyl (C=O) groups excluding carboxylic acids is 1. The van der Waals surface area contributed by atoms with Crippen LogP contribution in [-0.4, -0.2) is 31.8 Å². The van der Waals surface area contributed by atoms with Crippen LogP contribution in [0.3, 0.4) is 0 Å². The van der Waals surface area contributed by atoms with Crippen LogP contribution < -0.4 is 5.14 Å². The Kier molecular flexibility index (Phi) is 4.61. The standard InChI is InChI=1S/C14H22N2O3S/c1-6-14(3,4)16(5)13(17)12-9-11(20(15,18)19)8-7-10(12)2/h7-9H,6H2,1-5H3,(H2,15,18,19). The summed E-state index contributed by atoms with van der Waals surface area (Å²) in [5.74, 6) is -0.208. The number of nitrogens with two attached hydrogens (primary N) is 1. The number of primary sulfonamides is 1. The van der Waals surface area contributed by atoms with Crippen molar-refractivity contribution >= 4 is 15.9 Å². The van der Waals surface area contributed by atoms with E-state index in [9.17, 15) is 13.2 Å². The van der Waals surface area contributed by atoms with E-state index in [2.05, 4.69) is 0 Å². The normalized spacial score (nSPS) is 12.3. The quantitative estimate of drug-likeness (QED) is 0.922. The highest BCUT2D eigenvalue weighted by molar-refractivity contribution is 7.89. The molecule has 0 aliphatic heterocycles. The van der Waals surface area contributed by atoms with E-state index in [1.807, 2.05) is 20.8 Å². The second kappa shape index (κ2) is 5.54. The van der Waals surface area contributed by atoms with Gasteiger partial charge in [0, 0.05) is 18.2 Å². The minimum atomic E-state index is -3.81. The number of sulfonamides is 1. The van der Waals surface area contributed by atoms with Crippen molar-refractivity contribution in [1.29, 1.82) is 0 Å². The van der Waals surface area contributed by atoms with Gasteiger partial charge in [0.15, 0.2) is 0 Å². The summed E-state index contributed by atoms with van der Waals surface area (Å²) < 4.78 is 22.8. The molecule has 5 nitrogen and oxygen atoms in total. The highest BCUT2D eigenvalue weighted by atomic mass is 32.2. The predicted octanol–water partition coefficient (Wildman–Crippen LogP) is 1.90. The molecule has 1 aromatic rings. The van der Waals surface area contributed by atoms with Gasteiger partial charge in [-0.05, 0) is 44.9 Å². The molecule has 0 aliphatic rings. The van der Waals surface area contributed by atoms with Gasteiger partial charge in [-0.3, -0.25) is 4.79 Å². The summed E-state index contributed by atoms with van der Waals surface area (Å²) >= 11 is 0. The molecule has 0 saturated carbocycles. The summed E-state index contributed by atoms with van der Waals surface area (Å²) in [5.41, 5.74) is 0.780. The molecule has 112 valence electrons. The number of amides is 1. The van der Waals surface area contributed by atoms with Crippen molar-refractivity contribution in [3.8, 4) is 0 Å². The van der Waals surface area contributed by atoms with Gasteiger partial charge in [-0.1, -0.05) is 13.0 Å². The fourth-order valence-electron chi connectivity index (χ4n) is 1.70. The van der Waals surface area contributed by atoms with Crippen LogP contribution in [0.5, 0.6) is 0 Å². The molecule has 20 heavy (non-hydrogen) atoms. The molecular weight excluding hydrogens is 276 g/mol. The largest absolute Gasteiger partial charge is 0.337 e. The molecule has 0 spiro atoms. The van der Waals surface area contributed by atoms with Crippen molar-refractivity contribution in [2.24, 2.45) is 5.14 Å². The van der Waals surface area contributed by atoms with Crippen molar-refractivity contribution < 1.29 is 13.2 Å². The first-order valence-electron chi connectivity index (χ1n) is 6.42. The Morgan fingerprint density at radius 3 is 2.35 bits per heavy atom. The second-order valence-electron chi connectivity index (χ2n) is 5.55. The minimum Gasteiger partial charge on any atom is -0.337 e. The van der Waals surface area contributed by atoms with Crippen LogP contribution in [0.1, 0.15) is 43.1 Å². The summed E-state index contributed by atoms with van der Waals surface area (Å²) in [6.45, 7) is 7.69. The summed E-state index contributed by atoms with van der Waals surface area (Å²) in [6.07, 6.45) is 0.795. The molecule has 0 unspecified atom stereocenters. The van der Waals surface area contributed by atoms with E-state index < -0.39 is 10.0 Å². The van der Waals surface area contributed by atoms with Crippen molar-refractivity contribution in [3.05, 3.63) is 29.3 Å². The molecule has 0 aromatic heterocycles. The maximum absolute atomic E-state index is 12.5. The third-order valence-electron chi connectivity index (χ3n) is 3.85. The summed E-state index contributed by atoms with van der Waals surface area (Å²) in [7, 11) is -2.10. The van der Waals surface area contributed by atoms with E-state index in [4.69, 9.17) is 5.14 Å². The molecule has 1 rings (SSSR count). The minimum absolute atomic E-state index is 0.0471. The van der Waals surface area contributed by atoms with Gasteiger partial charge in [0.25, 0.3) is 5.91 Å². The second-order valence-corrected chi connectivity index (χ2v) is 7.11. The topological polar surface area (TPSA) is 80.5 Å². The predicted molar refractivity (Wildman–Crippen MR) is 79.0 cm³/mol. The number of hydrogen-bond donors (Lipinski definition) is 1. The van der Waals surface area contributed by atoms with Gasteiger partial charge in [0.1, 0.15) is 0 Å². The number of hydrogen-bond acceptors (Lipinski definition) is 3. The summed E-state index contributed by atoms with van der Waals surface area (Å²) in [5, 5.41) is 5.11. The maximum atomic E-state index is 12.5. The Hall–Kier alpha value is -1.40. The average molecular weight is 298 g/mol. The van der Waals surface area contributed by atoms with Crippen LogP contribution in [0.25, 0.3) is 0 Å². The number of carbonyl (C=O) groups is 1. The van der Waals surface area contributed by atoms with Crippen LogP contribution in [0.4, 0.5) is 0 Å². The van der Waals surface area contributed by atoms with Gasteiger partial charge in [-0.25, -0.2) is 13.6 Å². The molecule has 0 atom stereocenters. The smallest absolute Gasteiger partial charge is 0.254 e. The highest BCUT2D eigenvalue weighted by Crippen LogP contribution is 2.22. The van der Waals surface area contributed by atoms with E-state index in [0.717, 1.165) is 12.0 Å². The molecule has 1 amide bonds. The highest BCUT2D eigenvalue weighted by Gasteiger charge is 2.27. The fraction of sp³-hybridized carbons (Fsp3) is 0.500. The molecule has 0 fully saturated rings. The molecule has 0 aliphatic carbocycles. The first kappa shape index (κ1) is 16.7. The van der Waals surface area contributed by atoms with Crippen LogP contribution >= 0.6 is 0 Å². The van der Waals surface area contributed by atoms with Crippen molar-refractivity contribution in [2.45, 2.75) is 44.6 Å². The molecule has 0 radical (unpaired) electrons. The van der Waals surface area contributed by atoms with Gasteiger partial charge < -0.3 is 4.90 Å². The van der Waals surface area contributed by atoms with E-state index in [0.29, 0.717) is 5.56 Å². The number of rotatable bonds is 4. The van der Waals surface area contributed by atoms with Crippen LogP contribution in [-0.2, 0) is 10.0 Å². The van der Waals surface area contributed by atoms with E-state index >= 15 is 0 Å². The zero-order valence-electron chi connectivity index (χ0n) is 12.6. The van der Waals surface area contributed by atoms with E-state index in [1.165, 1.54) is 12.1 Å². The summed E-state index contributed by atoms with van der Waals surface area (Å²) in [4.78, 5) is 14.1. The third-order valence-corrected chi connectivity index (χ3v) is 4.76. The Morgan fingerprint density at radius 2 is 1.90 bits per heavy atom. The number of nitrogens with zero attached hydrogens (tertiary/aromatic N) is 1. The lowest BCUT2D eigenvalue weighted by molar-refractivity contribution is 0.0619.